The molecule has 0 bridgehead atoms. The van der Waals surface area contributed by atoms with E-state index >= 15 is 0 Å². The molecule has 496 valence electrons. The van der Waals surface area contributed by atoms with Crippen molar-refractivity contribution in [3.63, 3.8) is 0 Å². The molecule has 0 saturated heterocycles. The molecule has 0 amide bonds. The Morgan fingerprint density at radius 2 is 0.371 bits per heavy atom. The van der Waals surface area contributed by atoms with E-state index in [0.717, 1.165) is 0 Å². The zero-order valence-electron chi connectivity index (χ0n) is 62.5. The highest BCUT2D eigenvalue weighted by molar-refractivity contribution is 6.25. The molecule has 18 rings (SSSR count). The van der Waals surface area contributed by atoms with Crippen molar-refractivity contribution in [3.05, 3.63) is 301 Å². The van der Waals surface area contributed by atoms with Crippen LogP contribution in [0.15, 0.2) is 273 Å². The molecular formula is C97H108. The van der Waals surface area contributed by atoms with Crippen LogP contribution in [0.4, 0.5) is 0 Å². The molecular weight excluding hydrogens is 1170 g/mol. The average Bonchev–Trinajstić information content (AvgIpc) is 0.769. The topological polar surface area (TPSA) is 0 Å². The van der Waals surface area contributed by atoms with Crippen LogP contribution in [0.3, 0.4) is 0 Å². The van der Waals surface area contributed by atoms with Crippen LogP contribution in [-0.2, 0) is 0 Å². The highest BCUT2D eigenvalue weighted by Crippen LogP contribution is 2.39. The van der Waals surface area contributed by atoms with Gasteiger partial charge in [-0.3, -0.25) is 0 Å². The van der Waals surface area contributed by atoms with Gasteiger partial charge in [-0.25, -0.2) is 0 Å². The first-order chi connectivity index (χ1) is 47.7. The summed E-state index contributed by atoms with van der Waals surface area (Å²) in [6, 6.07) is 98.8. The molecule has 0 nitrogen and oxygen atoms in total. The molecule has 18 aromatic rings. The van der Waals surface area contributed by atoms with E-state index in [1.165, 1.54) is 168 Å². The van der Waals surface area contributed by atoms with E-state index in [2.05, 4.69) is 308 Å². The van der Waals surface area contributed by atoms with E-state index in [0.29, 0.717) is 0 Å². The molecule has 0 heterocycles. The molecule has 18 aromatic carbocycles. The number of aryl methyl sites for hydroxylation is 5. The Kier molecular flexibility index (Phi) is 29.8. The second kappa shape index (κ2) is 38.0. The van der Waals surface area contributed by atoms with Gasteiger partial charge in [0.1, 0.15) is 0 Å². The molecule has 0 atom stereocenters. The van der Waals surface area contributed by atoms with Crippen LogP contribution in [0.25, 0.3) is 140 Å². The fourth-order valence-corrected chi connectivity index (χ4v) is 13.0. The van der Waals surface area contributed by atoms with Crippen LogP contribution in [0.2, 0.25) is 0 Å². The first kappa shape index (κ1) is 76.1. The second-order valence-electron chi connectivity index (χ2n) is 22.3. The minimum atomic E-state index is 1.32. The second-order valence-corrected chi connectivity index (χ2v) is 22.3. The Morgan fingerprint density at radius 1 is 0.134 bits per heavy atom. The number of benzene rings is 18. The molecule has 0 heteroatoms. The Morgan fingerprint density at radius 3 is 0.784 bits per heavy atom. The third-order valence-electron chi connectivity index (χ3n) is 17.0. The lowest BCUT2D eigenvalue weighted by atomic mass is 9.92. The lowest BCUT2D eigenvalue weighted by Gasteiger charge is -2.12. The van der Waals surface area contributed by atoms with Gasteiger partial charge in [0.15, 0.2) is 0 Å². The minimum absolute atomic E-state index is 1.32. The highest BCUT2D eigenvalue weighted by atomic mass is 14.2. The fourth-order valence-electron chi connectivity index (χ4n) is 13.0. The number of hydrogen-bond acceptors (Lipinski definition) is 0. The van der Waals surface area contributed by atoms with Gasteiger partial charge in [0.25, 0.3) is 0 Å². The van der Waals surface area contributed by atoms with Crippen LogP contribution >= 0.6 is 0 Å². The Labute approximate surface area is 582 Å². The summed E-state index contributed by atoms with van der Waals surface area (Å²) in [7, 11) is 0. The van der Waals surface area contributed by atoms with E-state index in [1.807, 2.05) is 111 Å². The highest BCUT2D eigenvalue weighted by Gasteiger charge is 2.12. The average molecular weight is 1270 g/mol. The molecule has 0 radical (unpaired) electrons. The van der Waals surface area contributed by atoms with Gasteiger partial charge in [0.2, 0.25) is 0 Å². The summed E-state index contributed by atoms with van der Waals surface area (Å²) >= 11 is 0. The van der Waals surface area contributed by atoms with Gasteiger partial charge >= 0.3 is 0 Å². The maximum absolute atomic E-state index is 2.30. The monoisotopic (exact) mass is 1270 g/mol. The van der Waals surface area contributed by atoms with Crippen molar-refractivity contribution >= 4 is 140 Å². The van der Waals surface area contributed by atoms with Gasteiger partial charge in [-0.1, -0.05) is 360 Å². The van der Waals surface area contributed by atoms with Crippen molar-refractivity contribution in [2.45, 2.75) is 145 Å². The van der Waals surface area contributed by atoms with Crippen molar-refractivity contribution < 1.29 is 0 Å². The summed E-state index contributed by atoms with van der Waals surface area (Å²) in [6.45, 7) is 42.9. The Hall–Kier alpha value is -9.88. The van der Waals surface area contributed by atoms with Crippen molar-refractivity contribution in [2.24, 2.45) is 0 Å². The summed E-state index contributed by atoms with van der Waals surface area (Å²) in [5.41, 5.74) is 6.74. The maximum atomic E-state index is 2.30. The van der Waals surface area contributed by atoms with E-state index in [-0.39, 0.29) is 0 Å². The molecule has 0 N–H and O–H groups in total. The molecule has 0 saturated carbocycles. The smallest absolute Gasteiger partial charge is 0.00241 e. The van der Waals surface area contributed by atoms with Crippen LogP contribution < -0.4 is 0 Å². The van der Waals surface area contributed by atoms with E-state index < -0.39 is 0 Å². The van der Waals surface area contributed by atoms with Crippen LogP contribution in [0.5, 0.6) is 0 Å². The molecule has 0 aliphatic rings. The van der Waals surface area contributed by atoms with Gasteiger partial charge in [-0.15, -0.1) is 0 Å². The lowest BCUT2D eigenvalue weighted by molar-refractivity contribution is 1.50. The molecule has 97 heavy (non-hydrogen) atoms. The van der Waals surface area contributed by atoms with Crippen molar-refractivity contribution in [1.29, 1.82) is 0 Å². The molecule has 0 fully saturated rings. The van der Waals surface area contributed by atoms with Crippen LogP contribution in [0.1, 0.15) is 139 Å². The van der Waals surface area contributed by atoms with Crippen LogP contribution in [-0.4, -0.2) is 0 Å². The third kappa shape index (κ3) is 16.9. The SMILES string of the molecule is CC.CC.CC.CC.CC.CC.CC.CC.Cc1cc2ccc3cccc4ccc(c1)c2c34.Cc1cc2cccc3ccc4cccc1c4c32.Cc1ccc2ccc3cccc4ccc1c2c34.Cc1cccc2cc3ccccc3cc12.Cc1cccc2cc3ccccc3cc12. The standard InChI is InChI=1S/3C17H12.2C15H12.8C2H6/c1-11-10-14-6-2-4-12-8-9-13-5-3-7-15(11)17(13)16(12)14;1-11-9-14-7-5-12-3-2-4-13-6-8-15(10-11)17(14)16(12)13;1-11-5-6-14-8-7-12-3-2-4-13-9-10-15(11)17(14)16(12)13;2*1-11-5-4-8-14-9-12-6-2-3-7-13(12)10-15(11)14;8*1-2/h3*2-10H,1H3;2*2-10H,1H3;8*1-2H3. The lowest BCUT2D eigenvalue weighted by Crippen LogP contribution is -1.85. The largest absolute Gasteiger partial charge is 0.0683 e. The predicted octanol–water partition coefficient (Wildman–Crippen LogP) is 31.5. The number of fused-ring (bicyclic) bond motifs is 4. The van der Waals surface area contributed by atoms with Gasteiger partial charge in [-0.2, -0.15) is 0 Å². The number of rotatable bonds is 0. The fraction of sp³-hybridized carbons (Fsp3) is 0.216. The zero-order valence-corrected chi connectivity index (χ0v) is 62.5. The number of hydrogen-bond donors (Lipinski definition) is 0. The molecule has 0 spiro atoms. The van der Waals surface area contributed by atoms with Gasteiger partial charge < -0.3 is 0 Å². The summed E-state index contributed by atoms with van der Waals surface area (Å²) in [6.07, 6.45) is 0. The first-order valence-corrected chi connectivity index (χ1v) is 36.4. The minimum Gasteiger partial charge on any atom is -0.0683 e. The summed E-state index contributed by atoms with van der Waals surface area (Å²) in [4.78, 5) is 0. The molecule has 0 unspecified atom stereocenters. The quantitative estimate of drug-likeness (QED) is 0.105. The van der Waals surface area contributed by atoms with Crippen molar-refractivity contribution in [2.75, 3.05) is 0 Å². The third-order valence-corrected chi connectivity index (χ3v) is 17.0. The maximum Gasteiger partial charge on any atom is -0.00241 e. The van der Waals surface area contributed by atoms with Crippen LogP contribution in [0, 0.1) is 34.6 Å². The Balaban J connectivity index is 0.000000182. The van der Waals surface area contributed by atoms with Gasteiger partial charge in [0.05, 0.1) is 0 Å². The van der Waals surface area contributed by atoms with E-state index in [4.69, 9.17) is 0 Å². The van der Waals surface area contributed by atoms with Crippen molar-refractivity contribution in [1.82, 2.24) is 0 Å². The van der Waals surface area contributed by atoms with Crippen molar-refractivity contribution in [3.8, 4) is 0 Å². The van der Waals surface area contributed by atoms with Gasteiger partial charge in [0, 0.05) is 0 Å². The van der Waals surface area contributed by atoms with E-state index in [1.54, 1.807) is 0 Å². The zero-order chi connectivity index (χ0) is 70.7. The summed E-state index contributed by atoms with van der Waals surface area (Å²) in [5.74, 6) is 0. The molecule has 0 aromatic heterocycles. The first-order valence-electron chi connectivity index (χ1n) is 36.4. The molecule has 0 aliphatic carbocycles. The Bertz CT molecular complexity index is 5100. The summed E-state index contributed by atoms with van der Waals surface area (Å²) < 4.78 is 0. The van der Waals surface area contributed by atoms with E-state index in [9.17, 15) is 0 Å². The normalized spacial score (nSPS) is 10.1. The molecule has 0 aliphatic heterocycles. The summed E-state index contributed by atoms with van der Waals surface area (Å²) in [5, 5.41) is 35.3. The predicted molar refractivity (Wildman–Crippen MR) is 448 cm³/mol. The van der Waals surface area contributed by atoms with Gasteiger partial charge in [-0.05, 0) is 227 Å².